The molecule has 0 saturated carbocycles. The van der Waals surface area contributed by atoms with E-state index in [1.807, 2.05) is 19.9 Å². The van der Waals surface area contributed by atoms with E-state index < -0.39 is 0 Å². The van der Waals surface area contributed by atoms with Crippen LogP contribution in [0.2, 0.25) is 0 Å². The summed E-state index contributed by atoms with van der Waals surface area (Å²) in [5, 5.41) is 1.07. The van der Waals surface area contributed by atoms with E-state index in [2.05, 4.69) is 119 Å². The average Bonchev–Trinajstić information content (AvgIpc) is 2.96. The van der Waals surface area contributed by atoms with Crippen LogP contribution >= 0.6 is 11.8 Å². The molecule has 0 spiro atoms. The van der Waals surface area contributed by atoms with Gasteiger partial charge < -0.3 is 0 Å². The van der Waals surface area contributed by atoms with Crippen molar-refractivity contribution in [2.45, 2.75) is 59.3 Å². The van der Waals surface area contributed by atoms with Crippen molar-refractivity contribution in [2.24, 2.45) is 11.3 Å². The summed E-state index contributed by atoms with van der Waals surface area (Å²) in [6, 6.07) is 6.25. The number of allylic oxidation sites excluding steroid dienone is 14. The Kier molecular flexibility index (Phi) is 8.30. The van der Waals surface area contributed by atoms with Gasteiger partial charge in [-0.05, 0) is 74.6 Å². The number of hydrogen-bond acceptors (Lipinski definition) is 4. The van der Waals surface area contributed by atoms with Gasteiger partial charge in [-0.2, -0.15) is 0 Å². The molecule has 2 aliphatic heterocycles. The van der Waals surface area contributed by atoms with E-state index >= 15 is 0 Å². The highest BCUT2D eigenvalue weighted by Crippen LogP contribution is 2.47. The van der Waals surface area contributed by atoms with Crippen molar-refractivity contribution in [1.82, 2.24) is 9.97 Å². The van der Waals surface area contributed by atoms with Gasteiger partial charge in [-0.3, -0.25) is 4.90 Å². The SMILES string of the molecule is C=C/C1=C(\C=C/C)N(c2nc3c4c(cccc4n2)SC(=C)/C3=C\C)C(=C)/C=C/C(C)(C)C2=C(CCC=C2)/C(C)=C/C1C. The maximum atomic E-state index is 5.26. The second-order valence-electron chi connectivity index (χ2n) is 11.6. The molecule has 42 heavy (non-hydrogen) atoms. The van der Waals surface area contributed by atoms with E-state index in [0.717, 1.165) is 61.8 Å². The first-order valence-corrected chi connectivity index (χ1v) is 15.5. The highest BCUT2D eigenvalue weighted by atomic mass is 32.2. The maximum absolute atomic E-state index is 5.26. The van der Waals surface area contributed by atoms with Gasteiger partial charge in [0.1, 0.15) is 0 Å². The Morgan fingerprint density at radius 2 is 1.90 bits per heavy atom. The zero-order chi connectivity index (χ0) is 30.2. The van der Waals surface area contributed by atoms with Crippen molar-refractivity contribution in [3.63, 3.8) is 0 Å². The first kappa shape index (κ1) is 29.6. The topological polar surface area (TPSA) is 29.0 Å². The Morgan fingerprint density at radius 3 is 2.62 bits per heavy atom. The van der Waals surface area contributed by atoms with Gasteiger partial charge in [-0.25, -0.2) is 9.97 Å². The molecular formula is C38H41N3S. The van der Waals surface area contributed by atoms with Gasteiger partial charge in [-0.1, -0.05) is 106 Å². The fraction of sp³-hybridized carbons (Fsp3) is 0.263. The van der Waals surface area contributed by atoms with Crippen LogP contribution in [0.5, 0.6) is 0 Å². The molecule has 0 amide bonds. The highest BCUT2D eigenvalue weighted by molar-refractivity contribution is 8.04. The molecule has 2 aromatic rings. The van der Waals surface area contributed by atoms with Crippen LogP contribution in [0.25, 0.3) is 16.5 Å². The number of nitrogens with zero attached hydrogens (tertiary/aromatic N) is 3. The van der Waals surface area contributed by atoms with Crippen molar-refractivity contribution in [2.75, 3.05) is 4.90 Å². The van der Waals surface area contributed by atoms with E-state index in [0.29, 0.717) is 5.95 Å². The van der Waals surface area contributed by atoms with E-state index in [1.54, 1.807) is 11.8 Å². The zero-order valence-electron chi connectivity index (χ0n) is 25.8. The van der Waals surface area contributed by atoms with Crippen molar-refractivity contribution in [3.8, 4) is 0 Å². The van der Waals surface area contributed by atoms with E-state index in [4.69, 9.17) is 9.97 Å². The van der Waals surface area contributed by atoms with Gasteiger partial charge in [0, 0.05) is 37.8 Å². The minimum absolute atomic E-state index is 0.0999. The van der Waals surface area contributed by atoms with Crippen molar-refractivity contribution in [1.29, 1.82) is 0 Å². The lowest BCUT2D eigenvalue weighted by molar-refractivity contribution is 0.580. The van der Waals surface area contributed by atoms with E-state index in [-0.39, 0.29) is 11.3 Å². The minimum Gasteiger partial charge on any atom is -0.279 e. The largest absolute Gasteiger partial charge is 0.279 e. The highest BCUT2D eigenvalue weighted by Gasteiger charge is 2.29. The summed E-state index contributed by atoms with van der Waals surface area (Å²) in [6.45, 7) is 26.4. The number of benzene rings is 1. The second-order valence-corrected chi connectivity index (χ2v) is 12.8. The molecule has 4 heteroatoms. The quantitative estimate of drug-likeness (QED) is 0.366. The number of anilines is 1. The Labute approximate surface area is 255 Å². The summed E-state index contributed by atoms with van der Waals surface area (Å²) in [5.74, 6) is 0.680. The molecule has 214 valence electrons. The fourth-order valence-corrected chi connectivity index (χ4v) is 7.26. The Morgan fingerprint density at radius 1 is 1.12 bits per heavy atom. The van der Waals surface area contributed by atoms with Crippen LogP contribution in [-0.2, 0) is 0 Å². The van der Waals surface area contributed by atoms with Gasteiger partial charge >= 0.3 is 0 Å². The van der Waals surface area contributed by atoms with E-state index in [1.165, 1.54) is 16.7 Å². The van der Waals surface area contributed by atoms with Crippen LogP contribution in [-0.4, -0.2) is 9.97 Å². The van der Waals surface area contributed by atoms with Crippen molar-refractivity contribution in [3.05, 3.63) is 137 Å². The molecule has 5 rings (SSSR count). The molecule has 0 fully saturated rings. The standard InChI is InChI=1S/C38H41N3S/c1-10-16-33-28(11-2)24(4)23-25(5)30-17-13-14-18-31(30)38(8,9)22-21-26(6)41(33)37-39-32-19-15-20-34-35(32)36(40-37)29(12-3)27(7)42-34/h10-12,14-16,18-24H,2,6-7,13,17H2,1,3-5,8-9H3/b16-10-,22-21+,25-23+,29-12+,33-28-. The molecule has 1 atom stereocenters. The number of hydrogen-bond donors (Lipinski definition) is 0. The third kappa shape index (κ3) is 5.25. The summed E-state index contributed by atoms with van der Waals surface area (Å²) >= 11 is 1.68. The summed E-state index contributed by atoms with van der Waals surface area (Å²) in [5.41, 5.74) is 9.62. The normalized spacial score (nSPS) is 25.8. The first-order chi connectivity index (χ1) is 20.1. The van der Waals surface area contributed by atoms with Gasteiger partial charge in [0.2, 0.25) is 5.95 Å². The average molecular weight is 572 g/mol. The van der Waals surface area contributed by atoms with Gasteiger partial charge in [0.25, 0.3) is 0 Å². The number of rotatable bonds is 3. The van der Waals surface area contributed by atoms with E-state index in [9.17, 15) is 0 Å². The van der Waals surface area contributed by atoms with Crippen molar-refractivity contribution < 1.29 is 0 Å². The van der Waals surface area contributed by atoms with Gasteiger partial charge in [0.15, 0.2) is 0 Å². The molecule has 0 bridgehead atoms. The third-order valence-electron chi connectivity index (χ3n) is 8.34. The number of aromatic nitrogens is 2. The Bertz CT molecular complexity index is 1720. The van der Waals surface area contributed by atoms with Gasteiger partial charge in [-0.15, -0.1) is 0 Å². The van der Waals surface area contributed by atoms with Crippen molar-refractivity contribution >= 4 is 34.2 Å². The van der Waals surface area contributed by atoms with Crippen LogP contribution in [0.15, 0.2) is 136 Å². The summed E-state index contributed by atoms with van der Waals surface area (Å²) in [7, 11) is 0. The zero-order valence-corrected chi connectivity index (χ0v) is 26.6. The molecule has 3 aliphatic rings. The molecule has 1 aliphatic carbocycles. The monoisotopic (exact) mass is 571 g/mol. The van der Waals surface area contributed by atoms with Crippen LogP contribution in [0.4, 0.5) is 5.95 Å². The lowest BCUT2D eigenvalue weighted by atomic mass is 9.75. The molecule has 1 unspecified atom stereocenters. The summed E-state index contributed by atoms with van der Waals surface area (Å²) < 4.78 is 0. The van der Waals surface area contributed by atoms with Crippen LogP contribution < -0.4 is 4.90 Å². The smallest absolute Gasteiger partial charge is 0.235 e. The first-order valence-electron chi connectivity index (χ1n) is 14.7. The van der Waals surface area contributed by atoms with Crippen LogP contribution in [0, 0.1) is 11.3 Å². The predicted octanol–water partition coefficient (Wildman–Crippen LogP) is 10.8. The van der Waals surface area contributed by atoms with Crippen LogP contribution in [0.1, 0.15) is 60.1 Å². The maximum Gasteiger partial charge on any atom is 0.235 e. The Hall–Kier alpha value is -3.89. The molecule has 0 radical (unpaired) electrons. The molecule has 0 N–H and O–H groups in total. The van der Waals surface area contributed by atoms with Crippen LogP contribution in [0.3, 0.4) is 0 Å². The molecule has 0 saturated heterocycles. The summed E-state index contributed by atoms with van der Waals surface area (Å²) in [6.07, 6.45) is 21.8. The second kappa shape index (κ2) is 11.8. The lowest BCUT2D eigenvalue weighted by Gasteiger charge is -2.32. The molecule has 3 heterocycles. The molecule has 3 nitrogen and oxygen atoms in total. The molecule has 1 aromatic carbocycles. The Balaban J connectivity index is 1.83. The predicted molar refractivity (Wildman–Crippen MR) is 183 cm³/mol. The fourth-order valence-electron chi connectivity index (χ4n) is 6.22. The third-order valence-corrected chi connectivity index (χ3v) is 9.37. The number of thioether (sulfide) groups is 1. The minimum atomic E-state index is -0.192. The lowest BCUT2D eigenvalue weighted by Crippen LogP contribution is -2.26. The molecule has 1 aromatic heterocycles. The molecular weight excluding hydrogens is 531 g/mol. The summed E-state index contributed by atoms with van der Waals surface area (Å²) in [4.78, 5) is 14.6. The van der Waals surface area contributed by atoms with Gasteiger partial charge in [0.05, 0.1) is 16.9 Å².